The minimum Gasteiger partial charge on any atom is -0.493 e. The van der Waals surface area contributed by atoms with Gasteiger partial charge in [-0.05, 0) is 42.8 Å². The van der Waals surface area contributed by atoms with E-state index < -0.39 is 18.7 Å². The molecule has 1 heterocycles. The van der Waals surface area contributed by atoms with E-state index in [1.807, 2.05) is 30.3 Å². The molecule has 3 rings (SSSR count). The van der Waals surface area contributed by atoms with Crippen molar-refractivity contribution in [2.24, 2.45) is 0 Å². The summed E-state index contributed by atoms with van der Waals surface area (Å²) in [4.78, 5) is 12.1. The summed E-state index contributed by atoms with van der Waals surface area (Å²) < 4.78 is 45.0. The molecule has 1 atom stereocenters. The van der Waals surface area contributed by atoms with Crippen molar-refractivity contribution in [3.8, 4) is 23.0 Å². The number of carbonyl (C=O) groups excluding carboxylic acids is 1. The highest BCUT2D eigenvalue weighted by Gasteiger charge is 2.18. The van der Waals surface area contributed by atoms with E-state index >= 15 is 0 Å². The molecule has 30 heavy (non-hydrogen) atoms. The highest BCUT2D eigenvalue weighted by atomic mass is 19.3. The Labute approximate surface area is 170 Å². The number of hydrogen-bond acceptors (Lipinski definition) is 7. The molecule has 1 aromatic heterocycles. The van der Waals surface area contributed by atoms with E-state index in [9.17, 15) is 13.6 Å². The zero-order valence-corrected chi connectivity index (χ0v) is 16.1. The van der Waals surface area contributed by atoms with Gasteiger partial charge in [-0.1, -0.05) is 24.3 Å². The molecular formula is C21H18F2N2O5. The van der Waals surface area contributed by atoms with Gasteiger partial charge in [0.25, 0.3) is 5.89 Å². The third-order valence-corrected chi connectivity index (χ3v) is 3.92. The Morgan fingerprint density at radius 1 is 1.10 bits per heavy atom. The molecule has 0 N–H and O–H groups in total. The van der Waals surface area contributed by atoms with Crippen molar-refractivity contribution in [3.63, 3.8) is 0 Å². The number of carbonyl (C=O) groups is 1. The van der Waals surface area contributed by atoms with Crippen molar-refractivity contribution in [2.45, 2.75) is 19.6 Å². The molecule has 156 valence electrons. The van der Waals surface area contributed by atoms with Crippen molar-refractivity contribution in [1.29, 1.82) is 0 Å². The van der Waals surface area contributed by atoms with E-state index in [1.165, 1.54) is 37.5 Å². The molecule has 0 aliphatic carbocycles. The molecule has 0 radical (unpaired) electrons. The minimum atomic E-state index is -2.97. The Morgan fingerprint density at radius 3 is 2.57 bits per heavy atom. The summed E-state index contributed by atoms with van der Waals surface area (Å²) >= 11 is 0. The summed E-state index contributed by atoms with van der Waals surface area (Å²) in [5, 5.41) is 7.86. The lowest BCUT2D eigenvalue weighted by Crippen LogP contribution is -2.06. The molecule has 2 aromatic carbocycles. The van der Waals surface area contributed by atoms with Crippen LogP contribution in [-0.4, -0.2) is 29.9 Å². The molecule has 0 spiro atoms. The van der Waals surface area contributed by atoms with E-state index in [1.54, 1.807) is 6.92 Å². The minimum absolute atomic E-state index is 0.105. The molecule has 0 aliphatic rings. The predicted molar refractivity (Wildman–Crippen MR) is 103 cm³/mol. The van der Waals surface area contributed by atoms with Crippen LogP contribution in [0, 0.1) is 0 Å². The van der Waals surface area contributed by atoms with Gasteiger partial charge in [-0.25, -0.2) is 4.79 Å². The predicted octanol–water partition coefficient (Wildman–Crippen LogP) is 4.66. The van der Waals surface area contributed by atoms with E-state index in [4.69, 9.17) is 13.9 Å². The number of halogens is 2. The molecule has 9 heteroatoms. The monoisotopic (exact) mass is 416 g/mol. The summed E-state index contributed by atoms with van der Waals surface area (Å²) in [6.45, 7) is -1.36. The standard InChI is InChI=1S/C21H18F2N2O5/c1-13(19-24-25-20(30-19)15-6-4-3-5-7-15)28-18(26)11-9-14-8-10-16(29-21(22)23)17(12-14)27-2/h3-13,21H,1-2H3/b11-9+/t13-/m1/s1. The Bertz CT molecular complexity index is 1020. The lowest BCUT2D eigenvalue weighted by atomic mass is 10.2. The first-order valence-corrected chi connectivity index (χ1v) is 8.86. The number of nitrogens with zero attached hydrogens (tertiary/aromatic N) is 2. The second kappa shape index (κ2) is 9.64. The van der Waals surface area contributed by atoms with E-state index in [0.29, 0.717) is 11.5 Å². The summed E-state index contributed by atoms with van der Waals surface area (Å²) in [7, 11) is 1.32. The van der Waals surface area contributed by atoms with Gasteiger partial charge in [-0.2, -0.15) is 8.78 Å². The fraction of sp³-hybridized carbons (Fsp3) is 0.190. The van der Waals surface area contributed by atoms with Crippen LogP contribution in [0.2, 0.25) is 0 Å². The summed E-state index contributed by atoms with van der Waals surface area (Å²) in [6, 6.07) is 13.5. The molecule has 0 saturated carbocycles. The van der Waals surface area contributed by atoms with Crippen LogP contribution in [0.4, 0.5) is 8.78 Å². The lowest BCUT2D eigenvalue weighted by Gasteiger charge is -2.10. The third kappa shape index (κ3) is 5.40. The Balaban J connectivity index is 1.62. The Kier molecular flexibility index (Phi) is 6.74. The van der Waals surface area contributed by atoms with Gasteiger partial charge in [-0.15, -0.1) is 10.2 Å². The maximum absolute atomic E-state index is 12.4. The summed E-state index contributed by atoms with van der Waals surface area (Å²) in [5.41, 5.74) is 1.28. The largest absolute Gasteiger partial charge is 0.493 e. The zero-order valence-electron chi connectivity index (χ0n) is 16.1. The van der Waals surface area contributed by atoms with Gasteiger partial charge in [0, 0.05) is 11.6 Å². The summed E-state index contributed by atoms with van der Waals surface area (Å²) in [6.07, 6.45) is 1.88. The number of benzene rings is 2. The SMILES string of the molecule is COc1cc(/C=C/C(=O)O[C@H](C)c2nnc(-c3ccccc3)o2)ccc1OC(F)F. The van der Waals surface area contributed by atoms with Crippen LogP contribution < -0.4 is 9.47 Å². The highest BCUT2D eigenvalue weighted by molar-refractivity contribution is 5.87. The van der Waals surface area contributed by atoms with Crippen molar-refractivity contribution < 1.29 is 32.2 Å². The maximum Gasteiger partial charge on any atom is 0.387 e. The average Bonchev–Trinajstić information content (AvgIpc) is 3.24. The number of alkyl halides is 2. The first-order valence-electron chi connectivity index (χ1n) is 8.86. The van der Waals surface area contributed by atoms with Crippen LogP contribution in [0.15, 0.2) is 59.0 Å². The van der Waals surface area contributed by atoms with Gasteiger partial charge in [0.2, 0.25) is 5.89 Å². The molecule has 0 fully saturated rings. The number of ether oxygens (including phenoxy) is 3. The van der Waals surface area contributed by atoms with Crippen LogP contribution in [0.5, 0.6) is 11.5 Å². The fourth-order valence-corrected chi connectivity index (χ4v) is 2.51. The molecule has 7 nitrogen and oxygen atoms in total. The van der Waals surface area contributed by atoms with Crippen molar-refractivity contribution >= 4 is 12.0 Å². The second-order valence-electron chi connectivity index (χ2n) is 6.01. The van der Waals surface area contributed by atoms with Crippen LogP contribution in [0.25, 0.3) is 17.5 Å². The number of aromatic nitrogens is 2. The van der Waals surface area contributed by atoms with Crippen molar-refractivity contribution in [2.75, 3.05) is 7.11 Å². The normalized spacial score (nSPS) is 12.2. The molecule has 3 aromatic rings. The number of methoxy groups -OCH3 is 1. The fourth-order valence-electron chi connectivity index (χ4n) is 2.51. The topological polar surface area (TPSA) is 83.7 Å². The van der Waals surface area contributed by atoms with E-state index in [2.05, 4.69) is 14.9 Å². The molecule has 0 unspecified atom stereocenters. The van der Waals surface area contributed by atoms with Gasteiger partial charge in [0.05, 0.1) is 7.11 Å². The molecule has 0 aliphatic heterocycles. The number of hydrogen-bond donors (Lipinski definition) is 0. The van der Waals surface area contributed by atoms with Crippen molar-refractivity contribution in [1.82, 2.24) is 10.2 Å². The van der Waals surface area contributed by atoms with Gasteiger partial charge >= 0.3 is 12.6 Å². The smallest absolute Gasteiger partial charge is 0.387 e. The molecular weight excluding hydrogens is 398 g/mol. The molecule has 0 amide bonds. The number of esters is 1. The lowest BCUT2D eigenvalue weighted by molar-refractivity contribution is -0.143. The second-order valence-corrected chi connectivity index (χ2v) is 6.01. The van der Waals surface area contributed by atoms with E-state index in [0.717, 1.165) is 5.56 Å². The van der Waals surface area contributed by atoms with Gasteiger partial charge in [0.15, 0.2) is 17.6 Å². The van der Waals surface area contributed by atoms with Crippen LogP contribution in [0.3, 0.4) is 0 Å². The van der Waals surface area contributed by atoms with Gasteiger partial charge in [0.1, 0.15) is 0 Å². The molecule has 0 bridgehead atoms. The Hall–Kier alpha value is -3.75. The summed E-state index contributed by atoms with van der Waals surface area (Å²) in [5.74, 6) is -0.160. The van der Waals surface area contributed by atoms with Crippen LogP contribution >= 0.6 is 0 Å². The maximum atomic E-state index is 12.4. The molecule has 0 saturated heterocycles. The highest BCUT2D eigenvalue weighted by Crippen LogP contribution is 2.30. The van der Waals surface area contributed by atoms with Gasteiger partial charge in [-0.3, -0.25) is 0 Å². The quantitative estimate of drug-likeness (QED) is 0.390. The third-order valence-electron chi connectivity index (χ3n) is 3.92. The van der Waals surface area contributed by atoms with Gasteiger partial charge < -0.3 is 18.6 Å². The Morgan fingerprint density at radius 2 is 1.87 bits per heavy atom. The number of rotatable bonds is 8. The first-order chi connectivity index (χ1) is 14.5. The average molecular weight is 416 g/mol. The zero-order chi connectivity index (χ0) is 21.5. The van der Waals surface area contributed by atoms with Crippen molar-refractivity contribution in [3.05, 3.63) is 66.1 Å². The first kappa shape index (κ1) is 21.0. The van der Waals surface area contributed by atoms with Crippen LogP contribution in [0.1, 0.15) is 24.5 Å². The van der Waals surface area contributed by atoms with E-state index in [-0.39, 0.29) is 17.4 Å². The van der Waals surface area contributed by atoms with Crippen LogP contribution in [-0.2, 0) is 9.53 Å².